The van der Waals surface area contributed by atoms with Gasteiger partial charge in [-0.15, -0.1) is 0 Å². The molecule has 0 radical (unpaired) electrons. The van der Waals surface area contributed by atoms with E-state index < -0.39 is 17.6 Å². The number of halogens is 4. The van der Waals surface area contributed by atoms with Crippen LogP contribution < -0.4 is 15.5 Å². The number of carbonyl (C=O) groups is 2. The smallest absolute Gasteiger partial charge is 0.329 e. The van der Waals surface area contributed by atoms with Crippen LogP contribution in [-0.2, 0) is 16.2 Å². The van der Waals surface area contributed by atoms with Gasteiger partial charge in [0.1, 0.15) is 18.2 Å². The fourth-order valence-electron chi connectivity index (χ4n) is 2.49. The van der Waals surface area contributed by atoms with Crippen molar-refractivity contribution in [1.82, 2.24) is 5.43 Å². The lowest BCUT2D eigenvalue weighted by atomic mass is 10.2. The first-order valence-electron chi connectivity index (χ1n) is 9.09. The van der Waals surface area contributed by atoms with Crippen molar-refractivity contribution in [3.05, 3.63) is 92.1 Å². The van der Waals surface area contributed by atoms with Crippen LogP contribution in [0.25, 0.3) is 0 Å². The van der Waals surface area contributed by atoms with Crippen molar-refractivity contribution in [1.29, 1.82) is 0 Å². The van der Waals surface area contributed by atoms with Crippen LogP contribution in [0.1, 0.15) is 11.1 Å². The molecule has 0 saturated heterocycles. The highest BCUT2D eigenvalue weighted by atomic mass is 79.9. The summed E-state index contributed by atoms with van der Waals surface area (Å²) in [7, 11) is 0. The second kappa shape index (κ2) is 11.1. The largest absolute Gasteiger partial charge is 0.488 e. The van der Waals surface area contributed by atoms with Gasteiger partial charge in [0.15, 0.2) is 0 Å². The van der Waals surface area contributed by atoms with Crippen molar-refractivity contribution in [2.45, 2.75) is 6.61 Å². The molecule has 6 nitrogen and oxygen atoms in total. The second-order valence-electron chi connectivity index (χ2n) is 6.31. The SMILES string of the molecule is O=C(N/N=C\c1ccc(OCc2c(F)cccc2Cl)c(Br)c1)C(=O)Nc1ccccc1Cl. The lowest BCUT2D eigenvalue weighted by Crippen LogP contribution is -2.32. The number of nitrogens with zero attached hydrogens (tertiary/aromatic N) is 1. The van der Waals surface area contributed by atoms with Gasteiger partial charge in [-0.05, 0) is 64.0 Å². The first-order chi connectivity index (χ1) is 15.3. The predicted octanol–water partition coefficient (Wildman–Crippen LogP) is 5.56. The predicted molar refractivity (Wildman–Crippen MR) is 126 cm³/mol. The lowest BCUT2D eigenvalue weighted by Gasteiger charge is -2.10. The number of ether oxygens (including phenoxy) is 1. The van der Waals surface area contributed by atoms with Crippen LogP contribution in [-0.4, -0.2) is 18.0 Å². The molecule has 0 heterocycles. The summed E-state index contributed by atoms with van der Waals surface area (Å²) in [4.78, 5) is 23.8. The molecule has 164 valence electrons. The number of amides is 2. The summed E-state index contributed by atoms with van der Waals surface area (Å²) >= 11 is 15.3. The van der Waals surface area contributed by atoms with E-state index in [0.717, 1.165) is 0 Å². The van der Waals surface area contributed by atoms with E-state index in [1.54, 1.807) is 48.5 Å². The minimum atomic E-state index is -0.957. The van der Waals surface area contributed by atoms with Crippen molar-refractivity contribution in [3.63, 3.8) is 0 Å². The summed E-state index contributed by atoms with van der Waals surface area (Å²) in [5.74, 6) is -1.86. The molecule has 2 amide bonds. The highest BCUT2D eigenvalue weighted by Crippen LogP contribution is 2.28. The average molecular weight is 539 g/mol. The highest BCUT2D eigenvalue weighted by molar-refractivity contribution is 9.10. The normalized spacial score (nSPS) is 10.8. The number of hydrazone groups is 1. The third-order valence-corrected chi connectivity index (χ3v) is 5.40. The molecule has 0 unspecified atom stereocenters. The van der Waals surface area contributed by atoms with Crippen LogP contribution in [0.15, 0.2) is 70.2 Å². The minimum Gasteiger partial charge on any atom is -0.488 e. The number of benzene rings is 3. The van der Waals surface area contributed by atoms with Crippen molar-refractivity contribution in [2.24, 2.45) is 5.10 Å². The van der Waals surface area contributed by atoms with Gasteiger partial charge < -0.3 is 10.1 Å². The molecule has 0 aliphatic carbocycles. The summed E-state index contributed by atoms with van der Waals surface area (Å²) in [5.41, 5.74) is 3.32. The Morgan fingerprint density at radius 1 is 1.03 bits per heavy atom. The van der Waals surface area contributed by atoms with Crippen molar-refractivity contribution in [2.75, 3.05) is 5.32 Å². The monoisotopic (exact) mass is 537 g/mol. The van der Waals surface area contributed by atoms with Gasteiger partial charge in [0.05, 0.1) is 26.4 Å². The second-order valence-corrected chi connectivity index (χ2v) is 7.98. The first kappa shape index (κ1) is 23.7. The van der Waals surface area contributed by atoms with Crippen LogP contribution in [0.3, 0.4) is 0 Å². The zero-order valence-electron chi connectivity index (χ0n) is 16.2. The van der Waals surface area contributed by atoms with Gasteiger partial charge in [-0.3, -0.25) is 9.59 Å². The number of hydrogen-bond acceptors (Lipinski definition) is 4. The van der Waals surface area contributed by atoms with E-state index >= 15 is 0 Å². The Morgan fingerprint density at radius 2 is 1.78 bits per heavy atom. The zero-order valence-corrected chi connectivity index (χ0v) is 19.3. The van der Waals surface area contributed by atoms with Crippen LogP contribution in [0, 0.1) is 5.82 Å². The Labute approximate surface area is 201 Å². The molecular formula is C22H15BrCl2FN3O3. The molecule has 0 aliphatic rings. The maximum atomic E-state index is 13.9. The standard InChI is InChI=1S/C22H15BrCl2FN3O3/c23-15-10-13(8-9-20(15)32-12-14-16(24)5-3-6-18(14)26)11-27-29-22(31)21(30)28-19-7-2-1-4-17(19)25/h1-11H,12H2,(H,28,30)(H,29,31)/b27-11-. The van der Waals surface area contributed by atoms with Crippen molar-refractivity contribution < 1.29 is 18.7 Å². The van der Waals surface area contributed by atoms with Gasteiger partial charge in [0.25, 0.3) is 0 Å². The van der Waals surface area contributed by atoms with Gasteiger partial charge >= 0.3 is 11.8 Å². The maximum absolute atomic E-state index is 13.9. The molecule has 0 aromatic heterocycles. The molecule has 0 atom stereocenters. The van der Waals surface area contributed by atoms with E-state index in [4.69, 9.17) is 27.9 Å². The zero-order chi connectivity index (χ0) is 23.1. The third-order valence-electron chi connectivity index (χ3n) is 4.10. The van der Waals surface area contributed by atoms with E-state index in [0.29, 0.717) is 26.5 Å². The molecule has 3 rings (SSSR count). The van der Waals surface area contributed by atoms with Crippen LogP contribution in [0.5, 0.6) is 5.75 Å². The number of nitrogens with one attached hydrogen (secondary N) is 2. The molecule has 3 aromatic carbocycles. The Balaban J connectivity index is 1.56. The van der Waals surface area contributed by atoms with E-state index in [1.807, 2.05) is 0 Å². The van der Waals surface area contributed by atoms with Crippen LogP contribution in [0.4, 0.5) is 10.1 Å². The maximum Gasteiger partial charge on any atom is 0.329 e. The summed E-state index contributed by atoms with van der Waals surface area (Å²) in [6.45, 7) is -0.0475. The van der Waals surface area contributed by atoms with Crippen molar-refractivity contribution >= 4 is 62.8 Å². The number of hydrogen-bond donors (Lipinski definition) is 2. The molecular weight excluding hydrogens is 524 g/mol. The molecule has 2 N–H and O–H groups in total. The minimum absolute atomic E-state index is 0.0475. The number of carbonyl (C=O) groups excluding carboxylic acids is 2. The quantitative estimate of drug-likeness (QED) is 0.245. The lowest BCUT2D eigenvalue weighted by molar-refractivity contribution is -0.136. The molecule has 10 heteroatoms. The van der Waals surface area contributed by atoms with Gasteiger partial charge in [-0.1, -0.05) is 41.4 Å². The summed E-state index contributed by atoms with van der Waals surface area (Å²) < 4.78 is 20.1. The Hall–Kier alpha value is -2.94. The highest BCUT2D eigenvalue weighted by Gasteiger charge is 2.14. The Bertz CT molecular complexity index is 1170. The average Bonchev–Trinajstić information content (AvgIpc) is 2.76. The number of rotatable bonds is 6. The van der Waals surface area contributed by atoms with E-state index in [9.17, 15) is 14.0 Å². The van der Waals surface area contributed by atoms with Crippen LogP contribution >= 0.6 is 39.1 Å². The summed E-state index contributed by atoms with van der Waals surface area (Å²) in [6.07, 6.45) is 1.35. The van der Waals surface area contributed by atoms with Crippen LogP contribution in [0.2, 0.25) is 10.0 Å². The summed E-state index contributed by atoms with van der Waals surface area (Å²) in [5, 5.41) is 6.74. The van der Waals surface area contributed by atoms with Gasteiger partial charge in [-0.2, -0.15) is 5.10 Å². The van der Waals surface area contributed by atoms with Gasteiger partial charge in [0.2, 0.25) is 0 Å². The van der Waals surface area contributed by atoms with Gasteiger partial charge in [0, 0.05) is 5.56 Å². The van der Waals surface area contributed by atoms with E-state index in [2.05, 4.69) is 31.8 Å². The molecule has 0 aliphatic heterocycles. The third kappa shape index (κ3) is 6.29. The Kier molecular flexibility index (Phi) is 8.21. The topological polar surface area (TPSA) is 79.8 Å². The van der Waals surface area contributed by atoms with Gasteiger partial charge in [-0.25, -0.2) is 9.82 Å². The molecule has 0 fully saturated rings. The molecule has 0 saturated carbocycles. The van der Waals surface area contributed by atoms with E-state index in [1.165, 1.54) is 18.3 Å². The van der Waals surface area contributed by atoms with E-state index in [-0.39, 0.29) is 17.2 Å². The molecule has 32 heavy (non-hydrogen) atoms. The molecule has 0 spiro atoms. The molecule has 3 aromatic rings. The number of anilines is 1. The number of para-hydroxylation sites is 1. The molecule has 0 bridgehead atoms. The van der Waals surface area contributed by atoms with Crippen molar-refractivity contribution in [3.8, 4) is 5.75 Å². The fraction of sp³-hybridized carbons (Fsp3) is 0.0455. The Morgan fingerprint density at radius 3 is 2.50 bits per heavy atom. The fourth-order valence-corrected chi connectivity index (χ4v) is 3.40. The summed E-state index contributed by atoms with van der Waals surface area (Å²) in [6, 6.07) is 15.9. The first-order valence-corrected chi connectivity index (χ1v) is 10.6.